The van der Waals surface area contributed by atoms with Crippen LogP contribution >= 0.6 is 0 Å². The second kappa shape index (κ2) is 5.35. The number of nitrogens with two attached hydrogens (primary N) is 1. The summed E-state index contributed by atoms with van der Waals surface area (Å²) in [5.41, 5.74) is 7.32. The van der Waals surface area contributed by atoms with Crippen molar-refractivity contribution in [1.82, 2.24) is 0 Å². The second-order valence-corrected chi connectivity index (χ2v) is 4.63. The predicted molar refractivity (Wildman–Crippen MR) is 66.5 cm³/mol. The molecule has 0 radical (unpaired) electrons. The van der Waals surface area contributed by atoms with E-state index in [4.69, 9.17) is 10.5 Å². The molecule has 2 nitrogen and oxygen atoms in total. The molecule has 0 aromatic heterocycles. The van der Waals surface area contributed by atoms with E-state index in [0.717, 1.165) is 12.2 Å². The molecular weight excluding hydrogens is 198 g/mol. The molecule has 0 spiro atoms. The van der Waals surface area contributed by atoms with Crippen LogP contribution in [0.3, 0.4) is 0 Å². The highest BCUT2D eigenvalue weighted by Crippen LogP contribution is 2.27. The van der Waals surface area contributed by atoms with Gasteiger partial charge < -0.3 is 10.5 Å². The van der Waals surface area contributed by atoms with Gasteiger partial charge in [0.1, 0.15) is 5.75 Å². The summed E-state index contributed by atoms with van der Waals surface area (Å²) in [6.45, 7) is 2.19. The van der Waals surface area contributed by atoms with Gasteiger partial charge in [0.25, 0.3) is 0 Å². The first-order valence-corrected chi connectivity index (χ1v) is 6.32. The molecule has 1 saturated carbocycles. The highest BCUT2D eigenvalue weighted by Gasteiger charge is 2.23. The van der Waals surface area contributed by atoms with Gasteiger partial charge in [-0.15, -0.1) is 0 Å². The third-order valence-corrected chi connectivity index (χ3v) is 3.00. The van der Waals surface area contributed by atoms with Crippen molar-refractivity contribution in [3.63, 3.8) is 0 Å². The van der Waals surface area contributed by atoms with Crippen molar-refractivity contribution in [2.45, 2.75) is 51.2 Å². The number of hydrogen-bond acceptors (Lipinski definition) is 2. The van der Waals surface area contributed by atoms with Crippen molar-refractivity contribution in [2.24, 2.45) is 5.73 Å². The average Bonchev–Trinajstić information content (AvgIpc) is 3.11. The molecule has 0 bridgehead atoms. The Hall–Kier alpha value is -1.02. The first-order chi connectivity index (χ1) is 7.79. The summed E-state index contributed by atoms with van der Waals surface area (Å²) in [6.07, 6.45) is 6.35. The fourth-order valence-corrected chi connectivity index (χ4v) is 1.76. The van der Waals surface area contributed by atoms with Gasteiger partial charge in [-0.25, -0.2) is 0 Å². The second-order valence-electron chi connectivity index (χ2n) is 4.63. The van der Waals surface area contributed by atoms with Crippen molar-refractivity contribution in [2.75, 3.05) is 0 Å². The lowest BCUT2D eigenvalue weighted by molar-refractivity contribution is 0.303. The minimum absolute atomic E-state index is 0.176. The summed E-state index contributed by atoms with van der Waals surface area (Å²) in [6, 6.07) is 8.45. The van der Waals surface area contributed by atoms with Crippen LogP contribution in [0.5, 0.6) is 5.75 Å². The third kappa shape index (κ3) is 3.24. The van der Waals surface area contributed by atoms with Crippen LogP contribution in [0, 0.1) is 0 Å². The minimum Gasteiger partial charge on any atom is -0.490 e. The summed E-state index contributed by atoms with van der Waals surface area (Å²) in [4.78, 5) is 0. The van der Waals surface area contributed by atoms with E-state index in [1.807, 2.05) is 12.1 Å². The summed E-state index contributed by atoms with van der Waals surface area (Å²) < 4.78 is 5.70. The molecule has 0 heterocycles. The molecule has 1 aromatic rings. The number of rotatable bonds is 6. The Kier molecular flexibility index (Phi) is 3.83. The minimum atomic E-state index is 0.176. The number of ether oxygens (including phenoxy) is 1. The topological polar surface area (TPSA) is 35.2 Å². The van der Waals surface area contributed by atoms with Crippen LogP contribution in [0.25, 0.3) is 0 Å². The lowest BCUT2D eigenvalue weighted by atomic mass is 10.0. The van der Waals surface area contributed by atoms with Gasteiger partial charge in [-0.3, -0.25) is 0 Å². The van der Waals surface area contributed by atoms with Crippen molar-refractivity contribution < 1.29 is 4.74 Å². The van der Waals surface area contributed by atoms with Gasteiger partial charge in [0.15, 0.2) is 0 Å². The van der Waals surface area contributed by atoms with Crippen molar-refractivity contribution in [3.8, 4) is 5.75 Å². The number of benzene rings is 1. The van der Waals surface area contributed by atoms with Gasteiger partial charge in [-0.2, -0.15) is 0 Å². The van der Waals surface area contributed by atoms with Crippen molar-refractivity contribution in [3.05, 3.63) is 29.8 Å². The fourth-order valence-electron chi connectivity index (χ4n) is 1.76. The summed E-state index contributed by atoms with van der Waals surface area (Å²) in [5.74, 6) is 0.981. The van der Waals surface area contributed by atoms with E-state index in [0.29, 0.717) is 6.10 Å². The zero-order chi connectivity index (χ0) is 11.4. The summed E-state index contributed by atoms with van der Waals surface area (Å²) in [7, 11) is 0. The predicted octanol–water partition coefficient (Wildman–Crippen LogP) is 3.42. The van der Waals surface area contributed by atoms with Crippen molar-refractivity contribution >= 4 is 0 Å². The van der Waals surface area contributed by atoms with E-state index in [1.54, 1.807) is 0 Å². The van der Waals surface area contributed by atoms with Gasteiger partial charge in [0, 0.05) is 6.04 Å². The van der Waals surface area contributed by atoms with Crippen LogP contribution in [-0.4, -0.2) is 6.10 Å². The standard InChI is InChI=1S/C14H21NO/c1-2-3-4-14(15)11-5-7-12(8-6-11)16-13-9-10-13/h5-8,13-14H,2-4,9-10,15H2,1H3. The average molecular weight is 219 g/mol. The van der Waals surface area contributed by atoms with Gasteiger partial charge in [0.05, 0.1) is 6.10 Å². The quantitative estimate of drug-likeness (QED) is 0.795. The highest BCUT2D eigenvalue weighted by molar-refractivity contribution is 5.29. The van der Waals surface area contributed by atoms with E-state index < -0.39 is 0 Å². The smallest absolute Gasteiger partial charge is 0.119 e. The Balaban J connectivity index is 1.89. The van der Waals surface area contributed by atoms with Gasteiger partial charge in [0.2, 0.25) is 0 Å². The fraction of sp³-hybridized carbons (Fsp3) is 0.571. The Bertz CT molecular complexity index is 316. The molecule has 2 rings (SSSR count). The van der Waals surface area contributed by atoms with Gasteiger partial charge in [-0.05, 0) is 37.0 Å². The van der Waals surface area contributed by atoms with E-state index in [1.165, 1.54) is 31.2 Å². The first kappa shape index (κ1) is 11.5. The molecule has 2 N–H and O–H groups in total. The maximum absolute atomic E-state index is 6.10. The number of hydrogen-bond donors (Lipinski definition) is 1. The molecule has 2 heteroatoms. The van der Waals surface area contributed by atoms with Gasteiger partial charge >= 0.3 is 0 Å². The first-order valence-electron chi connectivity index (χ1n) is 6.32. The maximum atomic E-state index is 6.10. The molecule has 1 atom stereocenters. The van der Waals surface area contributed by atoms with Gasteiger partial charge in [-0.1, -0.05) is 31.9 Å². The Morgan fingerprint density at radius 1 is 1.31 bits per heavy atom. The molecule has 1 unspecified atom stereocenters. The molecule has 0 amide bonds. The zero-order valence-corrected chi connectivity index (χ0v) is 9.99. The molecule has 0 aliphatic heterocycles. The maximum Gasteiger partial charge on any atom is 0.119 e. The van der Waals surface area contributed by atoms with E-state index in [2.05, 4.69) is 19.1 Å². The molecule has 1 fully saturated rings. The van der Waals surface area contributed by atoms with Crippen LogP contribution in [-0.2, 0) is 0 Å². The van der Waals surface area contributed by atoms with Crippen LogP contribution in [0.4, 0.5) is 0 Å². The Labute approximate surface area is 97.8 Å². The molecule has 0 saturated heterocycles. The Morgan fingerprint density at radius 3 is 2.56 bits per heavy atom. The molecule has 88 valence electrons. The third-order valence-electron chi connectivity index (χ3n) is 3.00. The van der Waals surface area contributed by atoms with E-state index >= 15 is 0 Å². The molecule has 1 aliphatic carbocycles. The Morgan fingerprint density at radius 2 is 2.00 bits per heavy atom. The van der Waals surface area contributed by atoms with Crippen LogP contribution < -0.4 is 10.5 Å². The summed E-state index contributed by atoms with van der Waals surface area (Å²) >= 11 is 0. The van der Waals surface area contributed by atoms with Crippen LogP contribution in [0.1, 0.15) is 50.6 Å². The molecular formula is C14H21NO. The molecule has 1 aromatic carbocycles. The van der Waals surface area contributed by atoms with Crippen LogP contribution in [0.15, 0.2) is 24.3 Å². The lowest BCUT2D eigenvalue weighted by Gasteiger charge is -2.12. The normalized spacial score (nSPS) is 17.1. The monoisotopic (exact) mass is 219 g/mol. The van der Waals surface area contributed by atoms with E-state index in [9.17, 15) is 0 Å². The van der Waals surface area contributed by atoms with Crippen LogP contribution in [0.2, 0.25) is 0 Å². The lowest BCUT2D eigenvalue weighted by Crippen LogP contribution is -2.09. The zero-order valence-electron chi connectivity index (χ0n) is 9.99. The summed E-state index contributed by atoms with van der Waals surface area (Å²) in [5, 5.41) is 0. The highest BCUT2D eigenvalue weighted by atomic mass is 16.5. The number of unbranched alkanes of at least 4 members (excludes halogenated alkanes) is 1. The molecule has 1 aliphatic rings. The van der Waals surface area contributed by atoms with Crippen molar-refractivity contribution in [1.29, 1.82) is 0 Å². The SMILES string of the molecule is CCCCC(N)c1ccc(OC2CC2)cc1. The molecule has 16 heavy (non-hydrogen) atoms. The van der Waals surface area contributed by atoms with E-state index in [-0.39, 0.29) is 6.04 Å². The largest absolute Gasteiger partial charge is 0.490 e.